The molecule has 1 saturated heterocycles. The Morgan fingerprint density at radius 1 is 1.05 bits per heavy atom. The van der Waals surface area contributed by atoms with Crippen molar-refractivity contribution >= 4 is 11.8 Å². The first-order chi connectivity index (χ1) is 9.98. The Bertz CT molecular complexity index is 604. The lowest BCUT2D eigenvalue weighted by Gasteiger charge is -2.27. The SMILES string of the molecule is CC1(C)OC2CCC(N3C(=O)c4ccccc4C3=O)C2O1. The molecule has 0 aromatic heterocycles. The van der Waals surface area contributed by atoms with E-state index in [1.165, 1.54) is 4.90 Å². The third-order valence-corrected chi connectivity index (χ3v) is 4.50. The maximum atomic E-state index is 12.6. The van der Waals surface area contributed by atoms with Crippen LogP contribution in [0.25, 0.3) is 0 Å². The van der Waals surface area contributed by atoms with Gasteiger partial charge in [0, 0.05) is 0 Å². The quantitative estimate of drug-likeness (QED) is 0.741. The highest BCUT2D eigenvalue weighted by molar-refractivity contribution is 6.21. The number of benzene rings is 1. The fourth-order valence-electron chi connectivity index (χ4n) is 3.70. The highest BCUT2D eigenvalue weighted by atomic mass is 16.8. The Kier molecular flexibility index (Phi) is 2.56. The highest BCUT2D eigenvalue weighted by Crippen LogP contribution is 2.42. The predicted octanol–water partition coefficient (Wildman–Crippen LogP) is 1.97. The molecule has 1 saturated carbocycles. The molecule has 2 amide bonds. The Labute approximate surface area is 122 Å². The largest absolute Gasteiger partial charge is 0.344 e. The number of nitrogens with zero attached hydrogens (tertiary/aromatic N) is 1. The van der Waals surface area contributed by atoms with E-state index in [1.54, 1.807) is 24.3 Å². The molecule has 0 radical (unpaired) electrons. The van der Waals surface area contributed by atoms with E-state index < -0.39 is 5.79 Å². The van der Waals surface area contributed by atoms with Crippen LogP contribution in [0.15, 0.2) is 24.3 Å². The third-order valence-electron chi connectivity index (χ3n) is 4.50. The van der Waals surface area contributed by atoms with Gasteiger partial charge in [-0.3, -0.25) is 14.5 Å². The zero-order valence-electron chi connectivity index (χ0n) is 12.0. The van der Waals surface area contributed by atoms with E-state index in [2.05, 4.69) is 0 Å². The fraction of sp³-hybridized carbons (Fsp3) is 0.500. The Morgan fingerprint density at radius 3 is 2.29 bits per heavy atom. The van der Waals surface area contributed by atoms with E-state index in [0.29, 0.717) is 11.1 Å². The first-order valence-electron chi connectivity index (χ1n) is 7.30. The lowest BCUT2D eigenvalue weighted by molar-refractivity contribution is -0.155. The molecule has 21 heavy (non-hydrogen) atoms. The molecule has 2 aliphatic heterocycles. The lowest BCUT2D eigenvalue weighted by Crippen LogP contribution is -2.46. The minimum absolute atomic E-state index is 0.0330. The van der Waals surface area contributed by atoms with Gasteiger partial charge in [-0.25, -0.2) is 0 Å². The molecule has 5 heteroatoms. The second-order valence-electron chi connectivity index (χ2n) is 6.31. The molecule has 1 aromatic rings. The van der Waals surface area contributed by atoms with Gasteiger partial charge in [-0.1, -0.05) is 12.1 Å². The minimum Gasteiger partial charge on any atom is -0.344 e. The van der Waals surface area contributed by atoms with Crippen molar-refractivity contribution in [2.24, 2.45) is 0 Å². The van der Waals surface area contributed by atoms with Gasteiger partial charge >= 0.3 is 0 Å². The van der Waals surface area contributed by atoms with Crippen LogP contribution < -0.4 is 0 Å². The molecule has 0 spiro atoms. The van der Waals surface area contributed by atoms with E-state index in [1.807, 2.05) is 13.8 Å². The Balaban J connectivity index is 1.67. The summed E-state index contributed by atoms with van der Waals surface area (Å²) in [6.07, 6.45) is 1.29. The van der Waals surface area contributed by atoms with Crippen LogP contribution in [0.5, 0.6) is 0 Å². The topological polar surface area (TPSA) is 55.8 Å². The van der Waals surface area contributed by atoms with Gasteiger partial charge in [0.2, 0.25) is 0 Å². The number of amides is 2. The highest BCUT2D eigenvalue weighted by Gasteiger charge is 2.54. The molecule has 0 bridgehead atoms. The summed E-state index contributed by atoms with van der Waals surface area (Å²) in [6, 6.07) is 6.74. The molecule has 3 aliphatic rings. The Hall–Kier alpha value is -1.72. The monoisotopic (exact) mass is 287 g/mol. The van der Waals surface area contributed by atoms with Crippen LogP contribution in [-0.2, 0) is 9.47 Å². The molecule has 2 heterocycles. The van der Waals surface area contributed by atoms with E-state index in [0.717, 1.165) is 12.8 Å². The first-order valence-corrected chi connectivity index (χ1v) is 7.30. The van der Waals surface area contributed by atoms with Gasteiger partial charge in [-0.05, 0) is 38.8 Å². The average Bonchev–Trinajstić information content (AvgIpc) is 3.02. The molecular formula is C16H17NO4. The third kappa shape index (κ3) is 1.77. The van der Waals surface area contributed by atoms with E-state index >= 15 is 0 Å². The number of carbonyl (C=O) groups is 2. The van der Waals surface area contributed by atoms with Gasteiger partial charge in [0.15, 0.2) is 5.79 Å². The van der Waals surface area contributed by atoms with Crippen molar-refractivity contribution in [3.05, 3.63) is 35.4 Å². The molecule has 1 aliphatic carbocycles. The second kappa shape index (κ2) is 4.15. The molecule has 110 valence electrons. The van der Waals surface area contributed by atoms with Crippen LogP contribution in [0.3, 0.4) is 0 Å². The van der Waals surface area contributed by atoms with Crippen LogP contribution in [0.4, 0.5) is 0 Å². The summed E-state index contributed by atoms with van der Waals surface area (Å²) in [5.41, 5.74) is 0.980. The summed E-state index contributed by atoms with van der Waals surface area (Å²) in [4.78, 5) is 26.5. The Morgan fingerprint density at radius 2 is 1.67 bits per heavy atom. The van der Waals surface area contributed by atoms with Gasteiger partial charge in [-0.2, -0.15) is 0 Å². The number of carbonyl (C=O) groups excluding carboxylic acids is 2. The molecule has 2 fully saturated rings. The van der Waals surface area contributed by atoms with Crippen LogP contribution in [-0.4, -0.2) is 40.8 Å². The number of ether oxygens (including phenoxy) is 2. The lowest BCUT2D eigenvalue weighted by atomic mass is 10.1. The second-order valence-corrected chi connectivity index (χ2v) is 6.31. The summed E-state index contributed by atoms with van der Waals surface area (Å²) in [5, 5.41) is 0. The number of hydrogen-bond donors (Lipinski definition) is 0. The molecule has 3 unspecified atom stereocenters. The first kappa shape index (κ1) is 13.0. The number of hydrogen-bond acceptors (Lipinski definition) is 4. The molecule has 4 rings (SSSR count). The van der Waals surface area contributed by atoms with E-state index in [9.17, 15) is 9.59 Å². The molecule has 5 nitrogen and oxygen atoms in total. The van der Waals surface area contributed by atoms with Gasteiger partial charge in [0.05, 0.1) is 23.3 Å². The molecule has 0 N–H and O–H groups in total. The zero-order valence-corrected chi connectivity index (χ0v) is 12.0. The molecule has 1 aromatic carbocycles. The van der Waals surface area contributed by atoms with Gasteiger partial charge in [0.25, 0.3) is 11.8 Å². The zero-order chi connectivity index (χ0) is 14.8. The fourth-order valence-corrected chi connectivity index (χ4v) is 3.70. The van der Waals surface area contributed by atoms with Gasteiger partial charge < -0.3 is 9.47 Å². The molecule has 3 atom stereocenters. The smallest absolute Gasteiger partial charge is 0.261 e. The minimum atomic E-state index is -0.646. The predicted molar refractivity (Wildman–Crippen MR) is 73.8 cm³/mol. The van der Waals surface area contributed by atoms with Crippen LogP contribution >= 0.6 is 0 Å². The van der Waals surface area contributed by atoms with Crippen molar-refractivity contribution in [3.8, 4) is 0 Å². The number of rotatable bonds is 1. The normalized spacial score (nSPS) is 33.4. The van der Waals surface area contributed by atoms with Crippen LogP contribution in [0.1, 0.15) is 47.4 Å². The maximum Gasteiger partial charge on any atom is 0.261 e. The standard InChI is InChI=1S/C16H17NO4/c1-16(2)20-12-8-7-11(13(12)21-16)17-14(18)9-5-3-4-6-10(9)15(17)19/h3-6,11-13H,7-8H2,1-2H3. The van der Waals surface area contributed by atoms with Crippen molar-refractivity contribution in [1.82, 2.24) is 4.90 Å². The van der Waals surface area contributed by atoms with E-state index in [4.69, 9.17) is 9.47 Å². The summed E-state index contributed by atoms with van der Waals surface area (Å²) in [7, 11) is 0. The van der Waals surface area contributed by atoms with Crippen molar-refractivity contribution in [3.63, 3.8) is 0 Å². The van der Waals surface area contributed by atoms with E-state index in [-0.39, 0.29) is 30.1 Å². The van der Waals surface area contributed by atoms with Gasteiger partial charge in [0.1, 0.15) is 6.10 Å². The summed E-state index contributed by atoms with van der Waals surface area (Å²) >= 11 is 0. The number of imide groups is 1. The summed E-state index contributed by atoms with van der Waals surface area (Å²) < 4.78 is 11.8. The van der Waals surface area contributed by atoms with Crippen molar-refractivity contribution in [2.75, 3.05) is 0 Å². The van der Waals surface area contributed by atoms with Crippen molar-refractivity contribution < 1.29 is 19.1 Å². The van der Waals surface area contributed by atoms with Crippen molar-refractivity contribution in [2.45, 2.75) is 50.7 Å². The summed E-state index contributed by atoms with van der Waals surface area (Å²) in [5.74, 6) is -1.07. The summed E-state index contributed by atoms with van der Waals surface area (Å²) in [6.45, 7) is 3.73. The van der Waals surface area contributed by atoms with Gasteiger partial charge in [-0.15, -0.1) is 0 Å². The number of fused-ring (bicyclic) bond motifs is 2. The van der Waals surface area contributed by atoms with Crippen LogP contribution in [0, 0.1) is 0 Å². The average molecular weight is 287 g/mol. The molecular weight excluding hydrogens is 270 g/mol. The van der Waals surface area contributed by atoms with Crippen molar-refractivity contribution in [1.29, 1.82) is 0 Å². The maximum absolute atomic E-state index is 12.6. The van der Waals surface area contributed by atoms with Crippen LogP contribution in [0.2, 0.25) is 0 Å².